The SMILES string of the molecule is Cc1ccccc1CC(N)c1ccoc1. The van der Waals surface area contributed by atoms with E-state index in [9.17, 15) is 0 Å². The number of benzene rings is 1. The Bertz CT molecular complexity index is 420. The molecule has 2 N–H and O–H groups in total. The van der Waals surface area contributed by atoms with Crippen molar-refractivity contribution >= 4 is 0 Å². The quantitative estimate of drug-likeness (QED) is 0.829. The molecule has 1 aromatic heterocycles. The van der Waals surface area contributed by atoms with Crippen LogP contribution in [0.15, 0.2) is 47.3 Å². The van der Waals surface area contributed by atoms with Gasteiger partial charge in [-0.25, -0.2) is 0 Å². The Labute approximate surface area is 89.7 Å². The molecule has 2 aromatic rings. The third kappa shape index (κ3) is 2.28. The smallest absolute Gasteiger partial charge is 0.0950 e. The molecule has 15 heavy (non-hydrogen) atoms. The first-order chi connectivity index (χ1) is 7.27. The highest BCUT2D eigenvalue weighted by Crippen LogP contribution is 2.18. The van der Waals surface area contributed by atoms with E-state index >= 15 is 0 Å². The van der Waals surface area contributed by atoms with Crippen LogP contribution in [0.1, 0.15) is 22.7 Å². The van der Waals surface area contributed by atoms with Crippen LogP contribution in [0.2, 0.25) is 0 Å². The number of aryl methyl sites for hydroxylation is 1. The molecule has 0 saturated heterocycles. The highest BCUT2D eigenvalue weighted by Gasteiger charge is 2.09. The Morgan fingerprint density at radius 2 is 2.07 bits per heavy atom. The zero-order valence-corrected chi connectivity index (χ0v) is 8.81. The fourth-order valence-corrected chi connectivity index (χ4v) is 1.68. The molecule has 1 atom stereocenters. The topological polar surface area (TPSA) is 39.2 Å². The maximum Gasteiger partial charge on any atom is 0.0950 e. The van der Waals surface area contributed by atoms with E-state index < -0.39 is 0 Å². The molecule has 1 aromatic carbocycles. The zero-order chi connectivity index (χ0) is 10.7. The third-order valence-electron chi connectivity index (χ3n) is 2.67. The average molecular weight is 201 g/mol. The molecule has 0 saturated carbocycles. The Morgan fingerprint density at radius 3 is 2.73 bits per heavy atom. The second kappa shape index (κ2) is 4.32. The standard InChI is InChI=1S/C13H15NO/c1-10-4-2-3-5-11(10)8-13(14)12-6-7-15-9-12/h2-7,9,13H,8,14H2,1H3. The first-order valence-corrected chi connectivity index (χ1v) is 5.09. The minimum Gasteiger partial charge on any atom is -0.472 e. The highest BCUT2D eigenvalue weighted by atomic mass is 16.3. The van der Waals surface area contributed by atoms with Crippen molar-refractivity contribution < 1.29 is 4.42 Å². The predicted octanol–water partition coefficient (Wildman–Crippen LogP) is 2.83. The molecule has 0 aliphatic carbocycles. The van der Waals surface area contributed by atoms with Gasteiger partial charge in [0.2, 0.25) is 0 Å². The van der Waals surface area contributed by atoms with Crippen LogP contribution in [0.25, 0.3) is 0 Å². The lowest BCUT2D eigenvalue weighted by Gasteiger charge is -2.11. The second-order valence-corrected chi connectivity index (χ2v) is 3.79. The van der Waals surface area contributed by atoms with Crippen molar-refractivity contribution in [2.45, 2.75) is 19.4 Å². The molecule has 1 unspecified atom stereocenters. The van der Waals surface area contributed by atoms with Crippen molar-refractivity contribution in [2.24, 2.45) is 5.73 Å². The van der Waals surface area contributed by atoms with Crippen molar-refractivity contribution in [1.82, 2.24) is 0 Å². The van der Waals surface area contributed by atoms with Gasteiger partial charge in [-0.05, 0) is 30.5 Å². The molecule has 0 aliphatic rings. The predicted molar refractivity (Wildman–Crippen MR) is 60.5 cm³/mol. The summed E-state index contributed by atoms with van der Waals surface area (Å²) >= 11 is 0. The normalized spacial score (nSPS) is 12.7. The summed E-state index contributed by atoms with van der Waals surface area (Å²) in [5.74, 6) is 0. The summed E-state index contributed by atoms with van der Waals surface area (Å²) in [6, 6.07) is 10.3. The van der Waals surface area contributed by atoms with Crippen LogP contribution < -0.4 is 5.73 Å². The Kier molecular flexibility index (Phi) is 2.88. The van der Waals surface area contributed by atoms with E-state index in [1.807, 2.05) is 18.2 Å². The maximum absolute atomic E-state index is 6.08. The van der Waals surface area contributed by atoms with E-state index in [4.69, 9.17) is 10.2 Å². The van der Waals surface area contributed by atoms with Gasteiger partial charge in [0.15, 0.2) is 0 Å². The molecule has 2 rings (SSSR count). The van der Waals surface area contributed by atoms with Gasteiger partial charge in [-0.3, -0.25) is 0 Å². The van der Waals surface area contributed by atoms with Crippen molar-refractivity contribution in [3.8, 4) is 0 Å². The van der Waals surface area contributed by atoms with Crippen LogP contribution >= 0.6 is 0 Å². The molecule has 1 heterocycles. The average Bonchev–Trinajstić information content (AvgIpc) is 2.74. The molecular weight excluding hydrogens is 186 g/mol. The summed E-state index contributed by atoms with van der Waals surface area (Å²) in [6.45, 7) is 2.11. The fourth-order valence-electron chi connectivity index (χ4n) is 1.68. The summed E-state index contributed by atoms with van der Waals surface area (Å²) in [6.07, 6.45) is 4.22. The molecular formula is C13H15NO. The monoisotopic (exact) mass is 201 g/mol. The van der Waals surface area contributed by atoms with Crippen molar-refractivity contribution in [2.75, 3.05) is 0 Å². The number of rotatable bonds is 3. The van der Waals surface area contributed by atoms with Gasteiger partial charge >= 0.3 is 0 Å². The van der Waals surface area contributed by atoms with Gasteiger partial charge in [0.1, 0.15) is 0 Å². The van der Waals surface area contributed by atoms with E-state index in [-0.39, 0.29) is 6.04 Å². The van der Waals surface area contributed by atoms with Crippen LogP contribution in [0, 0.1) is 6.92 Å². The van der Waals surface area contributed by atoms with Crippen LogP contribution in [-0.4, -0.2) is 0 Å². The number of hydrogen-bond acceptors (Lipinski definition) is 2. The van der Waals surface area contributed by atoms with Gasteiger partial charge in [0, 0.05) is 11.6 Å². The molecule has 0 aliphatic heterocycles. The lowest BCUT2D eigenvalue weighted by atomic mass is 9.98. The van der Waals surface area contributed by atoms with Crippen molar-refractivity contribution in [1.29, 1.82) is 0 Å². The number of furan rings is 1. The molecule has 0 fully saturated rings. The first kappa shape index (κ1) is 9.99. The molecule has 0 radical (unpaired) electrons. The van der Waals surface area contributed by atoms with Crippen LogP contribution in [-0.2, 0) is 6.42 Å². The van der Waals surface area contributed by atoms with E-state index in [1.165, 1.54) is 11.1 Å². The summed E-state index contributed by atoms with van der Waals surface area (Å²) in [5, 5.41) is 0. The Hall–Kier alpha value is -1.54. The molecule has 0 spiro atoms. The summed E-state index contributed by atoms with van der Waals surface area (Å²) in [7, 11) is 0. The largest absolute Gasteiger partial charge is 0.472 e. The second-order valence-electron chi connectivity index (χ2n) is 3.79. The van der Waals surface area contributed by atoms with Crippen LogP contribution in [0.4, 0.5) is 0 Å². The van der Waals surface area contributed by atoms with Gasteiger partial charge in [-0.1, -0.05) is 24.3 Å². The summed E-state index contributed by atoms with van der Waals surface area (Å²) in [4.78, 5) is 0. The Morgan fingerprint density at radius 1 is 1.27 bits per heavy atom. The number of hydrogen-bond donors (Lipinski definition) is 1. The van der Waals surface area contributed by atoms with E-state index in [0.29, 0.717) is 0 Å². The fraction of sp³-hybridized carbons (Fsp3) is 0.231. The molecule has 0 bridgehead atoms. The van der Waals surface area contributed by atoms with Gasteiger partial charge in [-0.15, -0.1) is 0 Å². The van der Waals surface area contributed by atoms with E-state index in [1.54, 1.807) is 12.5 Å². The van der Waals surface area contributed by atoms with Gasteiger partial charge in [0.05, 0.1) is 12.5 Å². The lowest BCUT2D eigenvalue weighted by Crippen LogP contribution is -2.13. The minimum absolute atomic E-state index is 0.0184. The molecule has 78 valence electrons. The first-order valence-electron chi connectivity index (χ1n) is 5.09. The summed E-state index contributed by atoms with van der Waals surface area (Å²) < 4.78 is 5.02. The van der Waals surface area contributed by atoms with E-state index in [2.05, 4.69) is 19.1 Å². The maximum atomic E-state index is 6.08. The number of nitrogens with two attached hydrogens (primary N) is 1. The minimum atomic E-state index is 0.0184. The third-order valence-corrected chi connectivity index (χ3v) is 2.67. The van der Waals surface area contributed by atoms with E-state index in [0.717, 1.165) is 12.0 Å². The highest BCUT2D eigenvalue weighted by molar-refractivity contribution is 5.28. The van der Waals surface area contributed by atoms with Crippen molar-refractivity contribution in [3.05, 3.63) is 59.5 Å². The van der Waals surface area contributed by atoms with Crippen molar-refractivity contribution in [3.63, 3.8) is 0 Å². The van der Waals surface area contributed by atoms with Crippen LogP contribution in [0.3, 0.4) is 0 Å². The van der Waals surface area contributed by atoms with Gasteiger partial charge < -0.3 is 10.2 Å². The lowest BCUT2D eigenvalue weighted by molar-refractivity contribution is 0.558. The molecule has 2 heteroatoms. The van der Waals surface area contributed by atoms with Crippen LogP contribution in [0.5, 0.6) is 0 Å². The van der Waals surface area contributed by atoms with Gasteiger partial charge in [-0.2, -0.15) is 0 Å². The molecule has 2 nitrogen and oxygen atoms in total. The summed E-state index contributed by atoms with van der Waals surface area (Å²) in [5.41, 5.74) is 9.72. The zero-order valence-electron chi connectivity index (χ0n) is 8.81. The van der Waals surface area contributed by atoms with Gasteiger partial charge in [0.25, 0.3) is 0 Å². The molecule has 0 amide bonds. The Balaban J connectivity index is 2.13.